The summed E-state index contributed by atoms with van der Waals surface area (Å²) >= 11 is 0. The molecule has 0 aromatic heterocycles. The van der Waals surface area contributed by atoms with Crippen molar-refractivity contribution in [2.75, 3.05) is 5.32 Å². The minimum absolute atomic E-state index is 0.361. The van der Waals surface area contributed by atoms with E-state index >= 15 is 0 Å². The third-order valence-electron chi connectivity index (χ3n) is 5.64. The van der Waals surface area contributed by atoms with Gasteiger partial charge in [-0.2, -0.15) is 0 Å². The van der Waals surface area contributed by atoms with Crippen LogP contribution in [0.3, 0.4) is 0 Å². The van der Waals surface area contributed by atoms with E-state index in [4.69, 9.17) is 0 Å². The van der Waals surface area contributed by atoms with E-state index in [-0.39, 0.29) is 0 Å². The molecule has 0 amide bonds. The van der Waals surface area contributed by atoms with Gasteiger partial charge in [0.1, 0.15) is 0 Å². The van der Waals surface area contributed by atoms with Gasteiger partial charge in [-0.05, 0) is 61.1 Å². The second-order valence-corrected chi connectivity index (χ2v) is 7.78. The zero-order chi connectivity index (χ0) is 19.0. The van der Waals surface area contributed by atoms with Gasteiger partial charge in [0.25, 0.3) is 0 Å². The molecule has 0 fully saturated rings. The Morgan fingerprint density at radius 2 is 1.41 bits per heavy atom. The first-order chi connectivity index (χ1) is 13.0. The molecule has 0 radical (unpaired) electrons. The standard InChI is InChI=1S/C26H27N/c1-17-13-19(3)26(20(4)14-17)27-16-22-10-6-8-12-24(22)25-18(2)15-21-9-5-7-11-23(21)25/h5-15,25,27H,16H2,1-4H3. The zero-order valence-corrected chi connectivity index (χ0v) is 16.6. The number of nitrogens with one attached hydrogen (secondary N) is 1. The van der Waals surface area contributed by atoms with E-state index in [9.17, 15) is 0 Å². The third-order valence-corrected chi connectivity index (χ3v) is 5.64. The van der Waals surface area contributed by atoms with E-state index in [1.165, 1.54) is 50.2 Å². The number of allylic oxidation sites excluding steroid dienone is 1. The average Bonchev–Trinajstić information content (AvgIpc) is 2.97. The molecule has 0 saturated heterocycles. The van der Waals surface area contributed by atoms with Crippen LogP contribution in [0.5, 0.6) is 0 Å². The van der Waals surface area contributed by atoms with Crippen molar-refractivity contribution < 1.29 is 0 Å². The molecule has 3 aromatic rings. The molecule has 0 heterocycles. The first kappa shape index (κ1) is 17.6. The van der Waals surface area contributed by atoms with Gasteiger partial charge in [0.2, 0.25) is 0 Å². The molecule has 1 unspecified atom stereocenters. The SMILES string of the molecule is CC1=Cc2ccccc2C1c1ccccc1CNc1c(C)cc(C)cc1C. The normalized spacial score (nSPS) is 15.4. The van der Waals surface area contributed by atoms with E-state index in [0.29, 0.717) is 5.92 Å². The van der Waals surface area contributed by atoms with Crippen molar-refractivity contribution in [1.82, 2.24) is 0 Å². The fourth-order valence-corrected chi connectivity index (χ4v) is 4.51. The lowest BCUT2D eigenvalue weighted by Gasteiger charge is -2.21. The number of benzene rings is 3. The maximum absolute atomic E-state index is 3.71. The highest BCUT2D eigenvalue weighted by Gasteiger charge is 2.25. The molecule has 1 heteroatoms. The summed E-state index contributed by atoms with van der Waals surface area (Å²) in [5, 5.41) is 3.71. The van der Waals surface area contributed by atoms with E-state index < -0.39 is 0 Å². The van der Waals surface area contributed by atoms with Crippen LogP contribution < -0.4 is 5.32 Å². The van der Waals surface area contributed by atoms with Gasteiger partial charge in [-0.15, -0.1) is 0 Å². The summed E-state index contributed by atoms with van der Waals surface area (Å²) in [7, 11) is 0. The summed E-state index contributed by atoms with van der Waals surface area (Å²) in [4.78, 5) is 0. The molecule has 3 aromatic carbocycles. The second kappa shape index (κ2) is 7.08. The summed E-state index contributed by atoms with van der Waals surface area (Å²) in [6.45, 7) is 9.63. The van der Waals surface area contributed by atoms with Crippen molar-refractivity contribution in [3.8, 4) is 0 Å². The largest absolute Gasteiger partial charge is 0.381 e. The zero-order valence-electron chi connectivity index (χ0n) is 16.6. The Bertz CT molecular complexity index is 1000. The number of hydrogen-bond acceptors (Lipinski definition) is 1. The van der Waals surface area contributed by atoms with Crippen LogP contribution in [0.15, 0.2) is 66.2 Å². The Morgan fingerprint density at radius 3 is 2.15 bits per heavy atom. The first-order valence-electron chi connectivity index (χ1n) is 9.71. The maximum atomic E-state index is 3.71. The van der Waals surface area contributed by atoms with Crippen LogP contribution in [0, 0.1) is 20.8 Å². The van der Waals surface area contributed by atoms with Crippen LogP contribution in [0.1, 0.15) is 51.8 Å². The molecule has 0 spiro atoms. The van der Waals surface area contributed by atoms with Crippen molar-refractivity contribution in [1.29, 1.82) is 0 Å². The lowest BCUT2D eigenvalue weighted by molar-refractivity contribution is 0.940. The Morgan fingerprint density at radius 1 is 0.778 bits per heavy atom. The molecule has 0 aliphatic heterocycles. The number of anilines is 1. The van der Waals surface area contributed by atoms with Crippen LogP contribution in [0.25, 0.3) is 6.08 Å². The van der Waals surface area contributed by atoms with Gasteiger partial charge >= 0.3 is 0 Å². The average molecular weight is 354 g/mol. The molecule has 4 rings (SSSR count). The highest BCUT2D eigenvalue weighted by molar-refractivity contribution is 5.69. The predicted molar refractivity (Wildman–Crippen MR) is 116 cm³/mol. The Hall–Kier alpha value is -2.80. The molecule has 1 aliphatic rings. The van der Waals surface area contributed by atoms with Crippen LogP contribution in [0.4, 0.5) is 5.69 Å². The fraction of sp³-hybridized carbons (Fsp3) is 0.231. The molecule has 136 valence electrons. The Balaban J connectivity index is 1.67. The minimum Gasteiger partial charge on any atom is -0.381 e. The number of fused-ring (bicyclic) bond motifs is 1. The quantitative estimate of drug-likeness (QED) is 0.545. The van der Waals surface area contributed by atoms with Gasteiger partial charge < -0.3 is 5.32 Å². The first-order valence-corrected chi connectivity index (χ1v) is 9.71. The molecule has 0 bridgehead atoms. The van der Waals surface area contributed by atoms with E-state index in [1.807, 2.05) is 0 Å². The van der Waals surface area contributed by atoms with Gasteiger partial charge in [-0.25, -0.2) is 0 Å². The van der Waals surface area contributed by atoms with Crippen molar-refractivity contribution in [2.45, 2.75) is 40.2 Å². The second-order valence-electron chi connectivity index (χ2n) is 7.78. The van der Waals surface area contributed by atoms with Crippen LogP contribution in [-0.4, -0.2) is 0 Å². The molecular formula is C26H27N. The predicted octanol–water partition coefficient (Wildman–Crippen LogP) is 6.77. The van der Waals surface area contributed by atoms with Crippen LogP contribution in [-0.2, 0) is 6.54 Å². The highest BCUT2D eigenvalue weighted by atomic mass is 14.9. The summed E-state index contributed by atoms with van der Waals surface area (Å²) in [5.41, 5.74) is 12.2. The van der Waals surface area contributed by atoms with E-state index in [1.54, 1.807) is 0 Å². The maximum Gasteiger partial charge on any atom is 0.0404 e. The Kier molecular flexibility index (Phi) is 4.61. The third kappa shape index (κ3) is 3.30. The monoisotopic (exact) mass is 353 g/mol. The summed E-state index contributed by atoms with van der Waals surface area (Å²) < 4.78 is 0. The molecule has 1 nitrogen and oxygen atoms in total. The molecule has 0 saturated carbocycles. The lowest BCUT2D eigenvalue weighted by atomic mass is 9.86. The minimum atomic E-state index is 0.361. The molecule has 1 aliphatic carbocycles. The molecule has 1 N–H and O–H groups in total. The van der Waals surface area contributed by atoms with Crippen molar-refractivity contribution >= 4 is 11.8 Å². The van der Waals surface area contributed by atoms with Gasteiger partial charge in [0, 0.05) is 18.2 Å². The van der Waals surface area contributed by atoms with Gasteiger partial charge in [-0.3, -0.25) is 0 Å². The van der Waals surface area contributed by atoms with Gasteiger partial charge in [-0.1, -0.05) is 77.9 Å². The van der Waals surface area contributed by atoms with Gasteiger partial charge in [0.15, 0.2) is 0 Å². The summed E-state index contributed by atoms with van der Waals surface area (Å²) in [6, 6.07) is 22.1. The van der Waals surface area contributed by atoms with Crippen molar-refractivity contribution in [2.24, 2.45) is 0 Å². The fourth-order valence-electron chi connectivity index (χ4n) is 4.51. The van der Waals surface area contributed by atoms with Crippen molar-refractivity contribution in [3.05, 3.63) is 105 Å². The molecular weight excluding hydrogens is 326 g/mol. The lowest BCUT2D eigenvalue weighted by Crippen LogP contribution is -2.09. The van der Waals surface area contributed by atoms with E-state index in [2.05, 4.69) is 99.8 Å². The van der Waals surface area contributed by atoms with Crippen LogP contribution in [0.2, 0.25) is 0 Å². The Labute approximate surface area is 162 Å². The van der Waals surface area contributed by atoms with Crippen LogP contribution >= 0.6 is 0 Å². The molecule has 27 heavy (non-hydrogen) atoms. The number of aryl methyl sites for hydroxylation is 3. The number of hydrogen-bond donors (Lipinski definition) is 1. The van der Waals surface area contributed by atoms with Crippen molar-refractivity contribution in [3.63, 3.8) is 0 Å². The molecule has 1 atom stereocenters. The topological polar surface area (TPSA) is 12.0 Å². The van der Waals surface area contributed by atoms with Gasteiger partial charge in [0.05, 0.1) is 0 Å². The summed E-state index contributed by atoms with van der Waals surface area (Å²) in [5.74, 6) is 0.361. The smallest absolute Gasteiger partial charge is 0.0404 e. The number of rotatable bonds is 4. The highest BCUT2D eigenvalue weighted by Crippen LogP contribution is 2.41. The van der Waals surface area contributed by atoms with E-state index in [0.717, 1.165) is 6.54 Å². The summed E-state index contributed by atoms with van der Waals surface area (Å²) in [6.07, 6.45) is 2.33.